The van der Waals surface area contributed by atoms with Crippen LogP contribution in [0.4, 0.5) is 5.13 Å². The summed E-state index contributed by atoms with van der Waals surface area (Å²) >= 11 is 1.74. The molecule has 0 unspecified atom stereocenters. The molecule has 0 spiro atoms. The molecule has 3 heterocycles. The van der Waals surface area contributed by atoms with Crippen molar-refractivity contribution in [1.29, 1.82) is 0 Å². The fourth-order valence-electron chi connectivity index (χ4n) is 4.46. The van der Waals surface area contributed by atoms with Crippen LogP contribution in [0.3, 0.4) is 0 Å². The molecular formula is C24H29N7O3S. The Bertz CT molecular complexity index is 1240. The van der Waals surface area contributed by atoms with Crippen molar-refractivity contribution in [2.75, 3.05) is 59.0 Å². The lowest BCUT2D eigenvalue weighted by Crippen LogP contribution is -2.48. The fraction of sp³-hybridized carbons (Fsp3) is 0.417. The van der Waals surface area contributed by atoms with Gasteiger partial charge in [-0.2, -0.15) is 0 Å². The molecule has 2 aromatic heterocycles. The van der Waals surface area contributed by atoms with Crippen LogP contribution >= 0.6 is 11.3 Å². The van der Waals surface area contributed by atoms with Gasteiger partial charge in [-0.25, -0.2) is 9.67 Å². The van der Waals surface area contributed by atoms with E-state index in [-0.39, 0.29) is 6.04 Å². The number of aromatic nitrogens is 5. The van der Waals surface area contributed by atoms with Crippen molar-refractivity contribution in [3.8, 4) is 11.5 Å². The van der Waals surface area contributed by atoms with E-state index in [1.54, 1.807) is 32.7 Å². The number of hydrogen-bond donors (Lipinski definition) is 0. The smallest absolute Gasteiger partial charge is 0.186 e. The standard InChI is InChI=1S/C24H29N7O3S/c1-32-15-14-31-23(26-27-28-31)22(18-16-17(33-2)8-9-20(18)34-3)29-10-12-30(13-11-29)24-25-19-6-4-5-7-21(19)35-24/h4-9,16,22H,10-15H2,1-3H3/t22-/m1/s1. The zero-order chi connectivity index (χ0) is 24.2. The summed E-state index contributed by atoms with van der Waals surface area (Å²) in [4.78, 5) is 9.61. The lowest BCUT2D eigenvalue weighted by Gasteiger charge is -2.39. The molecule has 0 radical (unpaired) electrons. The number of nitrogens with zero attached hydrogens (tertiary/aromatic N) is 7. The van der Waals surface area contributed by atoms with Gasteiger partial charge in [0.15, 0.2) is 11.0 Å². The minimum absolute atomic E-state index is 0.204. The number of thiazole rings is 1. The summed E-state index contributed by atoms with van der Waals surface area (Å²) in [6.07, 6.45) is 0. The highest BCUT2D eigenvalue weighted by Gasteiger charge is 2.33. The highest BCUT2D eigenvalue weighted by molar-refractivity contribution is 7.22. The zero-order valence-corrected chi connectivity index (χ0v) is 20.9. The van der Waals surface area contributed by atoms with Crippen molar-refractivity contribution in [2.45, 2.75) is 12.6 Å². The fourth-order valence-corrected chi connectivity index (χ4v) is 5.48. The van der Waals surface area contributed by atoms with Crippen LogP contribution < -0.4 is 14.4 Å². The predicted octanol–water partition coefficient (Wildman–Crippen LogP) is 2.86. The third-order valence-electron chi connectivity index (χ3n) is 6.28. The molecule has 1 aliphatic rings. The van der Waals surface area contributed by atoms with Crippen LogP contribution in [-0.2, 0) is 11.3 Å². The van der Waals surface area contributed by atoms with Crippen LogP contribution in [0.5, 0.6) is 11.5 Å². The van der Waals surface area contributed by atoms with Gasteiger partial charge in [-0.15, -0.1) is 5.10 Å². The molecule has 0 bridgehead atoms. The number of methoxy groups -OCH3 is 3. The Morgan fingerprint density at radius 3 is 2.57 bits per heavy atom. The van der Waals surface area contributed by atoms with Gasteiger partial charge < -0.3 is 19.1 Å². The van der Waals surface area contributed by atoms with Crippen molar-refractivity contribution in [3.05, 3.63) is 53.9 Å². The number of tetrazole rings is 1. The summed E-state index contributed by atoms with van der Waals surface area (Å²) in [5.74, 6) is 2.28. The predicted molar refractivity (Wildman–Crippen MR) is 134 cm³/mol. The lowest BCUT2D eigenvalue weighted by atomic mass is 10.0. The number of ether oxygens (including phenoxy) is 3. The van der Waals surface area contributed by atoms with E-state index in [9.17, 15) is 0 Å². The Hall–Kier alpha value is -3.28. The largest absolute Gasteiger partial charge is 0.497 e. The van der Waals surface area contributed by atoms with Gasteiger partial charge in [0.2, 0.25) is 0 Å². The van der Waals surface area contributed by atoms with E-state index in [4.69, 9.17) is 19.2 Å². The molecule has 0 N–H and O–H groups in total. The first kappa shape index (κ1) is 23.5. The Kier molecular flexibility index (Phi) is 7.07. The monoisotopic (exact) mass is 495 g/mol. The second kappa shape index (κ2) is 10.5. The molecular weight excluding hydrogens is 466 g/mol. The van der Waals surface area contributed by atoms with Crippen LogP contribution in [0.1, 0.15) is 17.4 Å². The number of benzene rings is 2. The Balaban J connectivity index is 1.45. The Morgan fingerprint density at radius 1 is 1.00 bits per heavy atom. The molecule has 2 aromatic carbocycles. The molecule has 0 saturated carbocycles. The SMILES string of the molecule is COCCn1nnnc1[C@@H](c1cc(OC)ccc1OC)N1CCN(c2nc3ccccc3s2)CC1. The second-order valence-corrected chi connectivity index (χ2v) is 9.26. The topological polar surface area (TPSA) is 90.7 Å². The average molecular weight is 496 g/mol. The summed E-state index contributed by atoms with van der Waals surface area (Å²) in [7, 11) is 5.02. The van der Waals surface area contributed by atoms with Gasteiger partial charge in [0, 0.05) is 38.9 Å². The summed E-state index contributed by atoms with van der Waals surface area (Å²) in [6.45, 7) is 4.42. The normalized spacial score (nSPS) is 15.5. The molecule has 35 heavy (non-hydrogen) atoms. The molecule has 1 atom stereocenters. The molecule has 0 aliphatic carbocycles. The van der Waals surface area contributed by atoms with Crippen LogP contribution in [0, 0.1) is 0 Å². The molecule has 184 valence electrons. The Labute approximate surface area is 208 Å². The zero-order valence-electron chi connectivity index (χ0n) is 20.1. The molecule has 1 saturated heterocycles. The average Bonchev–Trinajstić information content (AvgIpc) is 3.55. The van der Waals surface area contributed by atoms with E-state index >= 15 is 0 Å². The van der Waals surface area contributed by atoms with Gasteiger partial charge in [0.25, 0.3) is 0 Å². The van der Waals surface area contributed by atoms with E-state index in [0.29, 0.717) is 13.2 Å². The van der Waals surface area contributed by atoms with Gasteiger partial charge in [-0.1, -0.05) is 23.5 Å². The highest BCUT2D eigenvalue weighted by atomic mass is 32.1. The molecule has 1 fully saturated rings. The number of hydrogen-bond acceptors (Lipinski definition) is 10. The molecule has 11 heteroatoms. The Morgan fingerprint density at radius 2 is 1.83 bits per heavy atom. The van der Waals surface area contributed by atoms with Crippen LogP contribution in [0.25, 0.3) is 10.2 Å². The maximum Gasteiger partial charge on any atom is 0.186 e. The van der Waals surface area contributed by atoms with Crippen molar-refractivity contribution < 1.29 is 14.2 Å². The first-order valence-electron chi connectivity index (χ1n) is 11.5. The van der Waals surface area contributed by atoms with E-state index in [1.807, 2.05) is 28.9 Å². The minimum atomic E-state index is -0.204. The van der Waals surface area contributed by atoms with Crippen molar-refractivity contribution >= 4 is 26.7 Å². The molecule has 10 nitrogen and oxygen atoms in total. The molecule has 4 aromatic rings. The van der Waals surface area contributed by atoms with E-state index < -0.39 is 0 Å². The summed E-state index contributed by atoms with van der Waals surface area (Å²) < 4.78 is 19.6. The van der Waals surface area contributed by atoms with Crippen LogP contribution in [0.15, 0.2) is 42.5 Å². The maximum atomic E-state index is 5.76. The number of fused-ring (bicyclic) bond motifs is 1. The van der Waals surface area contributed by atoms with Crippen LogP contribution in [-0.4, -0.2) is 84.2 Å². The van der Waals surface area contributed by atoms with E-state index in [0.717, 1.165) is 59.7 Å². The van der Waals surface area contributed by atoms with Crippen LogP contribution in [0.2, 0.25) is 0 Å². The van der Waals surface area contributed by atoms with Gasteiger partial charge in [0.1, 0.15) is 17.5 Å². The minimum Gasteiger partial charge on any atom is -0.497 e. The maximum absolute atomic E-state index is 5.76. The molecule has 0 amide bonds. The molecule has 1 aliphatic heterocycles. The summed E-state index contributed by atoms with van der Waals surface area (Å²) in [5.41, 5.74) is 2.01. The van der Waals surface area contributed by atoms with E-state index in [1.165, 1.54) is 4.70 Å². The van der Waals surface area contributed by atoms with Crippen molar-refractivity contribution in [2.24, 2.45) is 0 Å². The first-order chi connectivity index (χ1) is 17.2. The first-order valence-corrected chi connectivity index (χ1v) is 12.3. The second-order valence-electron chi connectivity index (χ2n) is 8.25. The lowest BCUT2D eigenvalue weighted by molar-refractivity contribution is 0.171. The van der Waals surface area contributed by atoms with E-state index in [2.05, 4.69) is 43.5 Å². The third kappa shape index (κ3) is 4.79. The number of rotatable bonds is 9. The van der Waals surface area contributed by atoms with Gasteiger partial charge in [-0.3, -0.25) is 4.90 Å². The van der Waals surface area contributed by atoms with Crippen molar-refractivity contribution in [1.82, 2.24) is 30.1 Å². The van der Waals surface area contributed by atoms with Gasteiger partial charge >= 0.3 is 0 Å². The number of anilines is 1. The quantitative estimate of drug-likeness (QED) is 0.348. The van der Waals surface area contributed by atoms with Gasteiger partial charge in [0.05, 0.1) is 37.6 Å². The number of piperazine rings is 1. The van der Waals surface area contributed by atoms with Crippen molar-refractivity contribution in [3.63, 3.8) is 0 Å². The number of para-hydroxylation sites is 1. The summed E-state index contributed by atoms with van der Waals surface area (Å²) in [6, 6.07) is 13.9. The third-order valence-corrected chi connectivity index (χ3v) is 7.37. The van der Waals surface area contributed by atoms with Gasteiger partial charge in [-0.05, 0) is 40.8 Å². The highest BCUT2D eigenvalue weighted by Crippen LogP contribution is 2.37. The molecule has 5 rings (SSSR count). The summed E-state index contributed by atoms with van der Waals surface area (Å²) in [5, 5.41) is 13.7.